The summed E-state index contributed by atoms with van der Waals surface area (Å²) in [7, 11) is 0. The van der Waals surface area contributed by atoms with Gasteiger partial charge in [-0.1, -0.05) is 15.9 Å². The average molecular weight is 287 g/mol. The first-order valence-corrected chi connectivity index (χ1v) is 7.60. The Labute approximate surface area is 101 Å². The zero-order valence-corrected chi connectivity index (χ0v) is 11.4. The molecule has 1 heterocycles. The molecule has 0 amide bonds. The molecule has 0 nitrogen and oxygen atoms in total. The molecule has 0 saturated heterocycles. The van der Waals surface area contributed by atoms with Gasteiger partial charge in [0.25, 0.3) is 0 Å². The molecule has 2 aromatic rings. The van der Waals surface area contributed by atoms with E-state index in [0.29, 0.717) is 0 Å². The van der Waals surface area contributed by atoms with Gasteiger partial charge in [-0.05, 0) is 47.2 Å². The van der Waals surface area contributed by atoms with Crippen LogP contribution < -0.4 is 0 Å². The Kier molecular flexibility index (Phi) is 3.20. The van der Waals surface area contributed by atoms with Gasteiger partial charge >= 0.3 is 0 Å². The molecule has 0 aliphatic heterocycles. The van der Waals surface area contributed by atoms with E-state index < -0.39 is 0 Å². The van der Waals surface area contributed by atoms with Gasteiger partial charge in [-0.2, -0.15) is 0 Å². The van der Waals surface area contributed by atoms with Crippen LogP contribution in [0.25, 0.3) is 10.1 Å². The number of rotatable bonds is 2. The molecule has 0 saturated carbocycles. The zero-order chi connectivity index (χ0) is 10.1. The predicted molar refractivity (Wildman–Crippen MR) is 71.0 cm³/mol. The molecular formula is C11H11BrS2. The highest BCUT2D eigenvalue weighted by molar-refractivity contribution is 9.08. The van der Waals surface area contributed by atoms with Crippen molar-refractivity contribution in [2.45, 2.75) is 17.1 Å². The number of fused-ring (bicyclic) bond motifs is 1. The summed E-state index contributed by atoms with van der Waals surface area (Å²) in [6.07, 6.45) is 2.15. The Balaban J connectivity index is 2.79. The lowest BCUT2D eigenvalue weighted by Crippen LogP contribution is -1.87. The highest BCUT2D eigenvalue weighted by atomic mass is 79.9. The summed E-state index contributed by atoms with van der Waals surface area (Å²) in [5.41, 5.74) is 2.83. The van der Waals surface area contributed by atoms with Crippen LogP contribution in [0.2, 0.25) is 0 Å². The van der Waals surface area contributed by atoms with Crippen molar-refractivity contribution >= 4 is 49.1 Å². The maximum Gasteiger partial charge on any atom is 0.0383 e. The second-order valence-electron chi connectivity index (χ2n) is 3.17. The Morgan fingerprint density at radius 2 is 2.29 bits per heavy atom. The van der Waals surface area contributed by atoms with Crippen LogP contribution in [0.5, 0.6) is 0 Å². The Morgan fingerprint density at radius 1 is 1.50 bits per heavy atom. The Morgan fingerprint density at radius 3 is 2.93 bits per heavy atom. The lowest BCUT2D eigenvalue weighted by atomic mass is 10.1. The van der Waals surface area contributed by atoms with Crippen molar-refractivity contribution in [3.05, 3.63) is 28.6 Å². The summed E-state index contributed by atoms with van der Waals surface area (Å²) in [5, 5.41) is 4.48. The summed E-state index contributed by atoms with van der Waals surface area (Å²) in [6.45, 7) is 2.22. The van der Waals surface area contributed by atoms with E-state index in [9.17, 15) is 0 Å². The minimum atomic E-state index is 0.940. The van der Waals surface area contributed by atoms with Crippen molar-refractivity contribution in [3.63, 3.8) is 0 Å². The van der Waals surface area contributed by atoms with Crippen LogP contribution in [-0.2, 0) is 5.33 Å². The van der Waals surface area contributed by atoms with Crippen LogP contribution in [0.1, 0.15) is 11.1 Å². The molecule has 0 aliphatic carbocycles. The normalized spacial score (nSPS) is 11.1. The van der Waals surface area contributed by atoms with Gasteiger partial charge in [0.05, 0.1) is 0 Å². The molecule has 0 spiro atoms. The second-order valence-corrected chi connectivity index (χ2v) is 5.46. The van der Waals surface area contributed by atoms with Crippen molar-refractivity contribution < 1.29 is 0 Å². The van der Waals surface area contributed by atoms with Crippen molar-refractivity contribution in [1.29, 1.82) is 0 Å². The molecule has 0 bridgehead atoms. The van der Waals surface area contributed by atoms with Gasteiger partial charge in [0.1, 0.15) is 0 Å². The third-order valence-corrected chi connectivity index (χ3v) is 4.98. The highest BCUT2D eigenvalue weighted by Crippen LogP contribution is 2.35. The maximum atomic E-state index is 3.55. The molecule has 0 unspecified atom stereocenters. The van der Waals surface area contributed by atoms with Crippen LogP contribution in [-0.4, -0.2) is 6.26 Å². The smallest absolute Gasteiger partial charge is 0.0383 e. The van der Waals surface area contributed by atoms with E-state index in [2.05, 4.69) is 46.6 Å². The summed E-state index contributed by atoms with van der Waals surface area (Å²) >= 11 is 7.22. The molecule has 14 heavy (non-hydrogen) atoms. The number of halogens is 1. The van der Waals surface area contributed by atoms with Crippen molar-refractivity contribution in [2.75, 3.05) is 6.26 Å². The fraction of sp³-hybridized carbons (Fsp3) is 0.273. The summed E-state index contributed by atoms with van der Waals surface area (Å²) in [4.78, 5) is 1.43. The molecule has 1 aromatic heterocycles. The van der Waals surface area contributed by atoms with E-state index in [0.717, 1.165) is 5.33 Å². The largest absolute Gasteiger partial charge is 0.143 e. The van der Waals surface area contributed by atoms with E-state index >= 15 is 0 Å². The van der Waals surface area contributed by atoms with E-state index in [1.807, 2.05) is 23.1 Å². The first-order chi connectivity index (χ1) is 6.77. The molecule has 0 atom stereocenters. The van der Waals surface area contributed by atoms with Crippen LogP contribution in [0.3, 0.4) is 0 Å². The number of hydrogen-bond donors (Lipinski definition) is 0. The number of thiophene rings is 1. The zero-order valence-electron chi connectivity index (χ0n) is 8.13. The van der Waals surface area contributed by atoms with Gasteiger partial charge in [-0.15, -0.1) is 23.1 Å². The first-order valence-electron chi connectivity index (χ1n) is 4.37. The molecule has 2 rings (SSSR count). The fourth-order valence-electron chi connectivity index (χ4n) is 1.72. The summed E-state index contributed by atoms with van der Waals surface area (Å²) < 4.78 is 1.43. The van der Waals surface area contributed by atoms with Gasteiger partial charge in [0.2, 0.25) is 0 Å². The second kappa shape index (κ2) is 4.25. The molecule has 0 fully saturated rings. The van der Waals surface area contributed by atoms with Crippen LogP contribution in [0.4, 0.5) is 0 Å². The van der Waals surface area contributed by atoms with Crippen molar-refractivity contribution in [3.8, 4) is 0 Å². The summed E-state index contributed by atoms with van der Waals surface area (Å²) in [6, 6.07) is 4.49. The van der Waals surface area contributed by atoms with Gasteiger partial charge in [0.15, 0.2) is 0 Å². The summed E-state index contributed by atoms with van der Waals surface area (Å²) in [5.74, 6) is 0. The fourth-order valence-corrected chi connectivity index (χ4v) is 4.10. The molecular weight excluding hydrogens is 276 g/mol. The minimum absolute atomic E-state index is 0.940. The number of alkyl halides is 1. The third-order valence-electron chi connectivity index (χ3n) is 2.35. The van der Waals surface area contributed by atoms with Crippen LogP contribution in [0, 0.1) is 6.92 Å². The van der Waals surface area contributed by atoms with Crippen LogP contribution >= 0.6 is 39.0 Å². The Bertz CT molecular complexity index is 460. The quantitative estimate of drug-likeness (QED) is 0.563. The van der Waals surface area contributed by atoms with Crippen LogP contribution in [0.15, 0.2) is 22.4 Å². The van der Waals surface area contributed by atoms with Crippen molar-refractivity contribution in [2.24, 2.45) is 0 Å². The number of hydrogen-bond acceptors (Lipinski definition) is 2. The van der Waals surface area contributed by atoms with E-state index in [-0.39, 0.29) is 0 Å². The van der Waals surface area contributed by atoms with E-state index in [1.165, 1.54) is 26.1 Å². The molecule has 0 aliphatic rings. The number of benzene rings is 1. The molecule has 74 valence electrons. The van der Waals surface area contributed by atoms with E-state index in [1.54, 1.807) is 0 Å². The standard InChI is InChI=1S/C11H11BrS2/c1-7-10(13-2)9(6-12)5-8-3-4-14-11(7)8/h3-5H,6H2,1-2H3. The first kappa shape index (κ1) is 10.5. The molecule has 3 heteroatoms. The van der Waals surface area contributed by atoms with E-state index in [4.69, 9.17) is 0 Å². The van der Waals surface area contributed by atoms with Gasteiger partial charge in [0, 0.05) is 14.9 Å². The Hall–Kier alpha value is 0.01000. The average Bonchev–Trinajstić information content (AvgIpc) is 2.65. The highest BCUT2D eigenvalue weighted by Gasteiger charge is 2.09. The van der Waals surface area contributed by atoms with Gasteiger partial charge in [-0.25, -0.2) is 0 Å². The lowest BCUT2D eigenvalue weighted by molar-refractivity contribution is 1.24. The third kappa shape index (κ3) is 1.62. The number of aryl methyl sites for hydroxylation is 1. The number of thioether (sulfide) groups is 1. The predicted octanol–water partition coefficient (Wildman–Crippen LogP) is 4.83. The molecule has 1 aromatic carbocycles. The molecule has 0 radical (unpaired) electrons. The van der Waals surface area contributed by atoms with Gasteiger partial charge in [-0.3, -0.25) is 0 Å². The topological polar surface area (TPSA) is 0 Å². The van der Waals surface area contributed by atoms with Crippen molar-refractivity contribution in [1.82, 2.24) is 0 Å². The van der Waals surface area contributed by atoms with Gasteiger partial charge < -0.3 is 0 Å². The monoisotopic (exact) mass is 286 g/mol. The SMILES string of the molecule is CSc1c(CBr)cc2ccsc2c1C. The maximum absolute atomic E-state index is 3.55. The molecule has 0 N–H and O–H groups in total. The minimum Gasteiger partial charge on any atom is -0.143 e. The lowest BCUT2D eigenvalue weighted by Gasteiger charge is -2.09.